The van der Waals surface area contributed by atoms with Crippen molar-refractivity contribution in [3.05, 3.63) is 18.5 Å². The van der Waals surface area contributed by atoms with Crippen LogP contribution >= 0.6 is 0 Å². The zero-order valence-corrected chi connectivity index (χ0v) is 14.0. The minimum Gasteiger partial charge on any atom is -0.348 e. The second kappa shape index (κ2) is 7.73. The van der Waals surface area contributed by atoms with Gasteiger partial charge in [0.2, 0.25) is 5.95 Å². The van der Waals surface area contributed by atoms with Crippen LogP contribution in [0, 0.1) is 5.92 Å². The quantitative estimate of drug-likeness (QED) is 0.812. The van der Waals surface area contributed by atoms with Crippen molar-refractivity contribution in [1.29, 1.82) is 0 Å². The van der Waals surface area contributed by atoms with Gasteiger partial charge in [-0.1, -0.05) is 19.8 Å². The SMILES string of the molecule is C[C@H]1CCCC[C@@H]1NC(=O)C[NH+]1CCN(c2ncccn2)CC1. The van der Waals surface area contributed by atoms with Crippen LogP contribution in [0.25, 0.3) is 0 Å². The molecule has 3 rings (SSSR count). The number of quaternary nitrogens is 1. The van der Waals surface area contributed by atoms with Gasteiger partial charge in [0.1, 0.15) is 0 Å². The second-order valence-electron chi connectivity index (χ2n) is 6.90. The highest BCUT2D eigenvalue weighted by Gasteiger charge is 2.26. The molecule has 6 nitrogen and oxygen atoms in total. The molecule has 1 amide bonds. The lowest BCUT2D eigenvalue weighted by atomic mass is 9.86. The number of anilines is 1. The third kappa shape index (κ3) is 4.41. The summed E-state index contributed by atoms with van der Waals surface area (Å²) in [6.45, 7) is 6.60. The molecule has 0 radical (unpaired) electrons. The lowest BCUT2D eigenvalue weighted by Crippen LogP contribution is -3.16. The fourth-order valence-corrected chi connectivity index (χ4v) is 3.67. The number of amides is 1. The highest BCUT2D eigenvalue weighted by molar-refractivity contribution is 5.77. The average molecular weight is 318 g/mol. The monoisotopic (exact) mass is 318 g/mol. The number of hydrogen-bond acceptors (Lipinski definition) is 4. The van der Waals surface area contributed by atoms with Gasteiger partial charge in [0, 0.05) is 18.4 Å². The molecular weight excluding hydrogens is 290 g/mol. The van der Waals surface area contributed by atoms with Crippen molar-refractivity contribution in [1.82, 2.24) is 15.3 Å². The molecule has 6 heteroatoms. The van der Waals surface area contributed by atoms with E-state index >= 15 is 0 Å². The van der Waals surface area contributed by atoms with E-state index in [2.05, 4.69) is 27.1 Å². The summed E-state index contributed by atoms with van der Waals surface area (Å²) in [6, 6.07) is 2.22. The van der Waals surface area contributed by atoms with Gasteiger partial charge in [-0.3, -0.25) is 4.79 Å². The van der Waals surface area contributed by atoms with E-state index in [0.29, 0.717) is 18.5 Å². The minimum absolute atomic E-state index is 0.211. The maximum atomic E-state index is 12.3. The normalized spacial score (nSPS) is 26.0. The Hall–Kier alpha value is -1.69. The number of aromatic nitrogens is 2. The van der Waals surface area contributed by atoms with Crippen LogP contribution in [0.2, 0.25) is 0 Å². The van der Waals surface area contributed by atoms with E-state index in [9.17, 15) is 4.79 Å². The molecule has 1 aromatic rings. The van der Waals surface area contributed by atoms with Crippen molar-refractivity contribution in [3.63, 3.8) is 0 Å². The van der Waals surface area contributed by atoms with E-state index in [1.807, 2.05) is 6.07 Å². The van der Waals surface area contributed by atoms with E-state index in [1.165, 1.54) is 24.2 Å². The Balaban J connectivity index is 1.42. The predicted octanol–water partition coefficient (Wildman–Crippen LogP) is -0.124. The molecule has 1 aromatic heterocycles. The molecule has 1 saturated heterocycles. The first-order chi connectivity index (χ1) is 11.2. The predicted molar refractivity (Wildman–Crippen MR) is 89.4 cm³/mol. The zero-order chi connectivity index (χ0) is 16.1. The van der Waals surface area contributed by atoms with Gasteiger partial charge in [-0.25, -0.2) is 9.97 Å². The molecule has 2 fully saturated rings. The van der Waals surface area contributed by atoms with Gasteiger partial charge < -0.3 is 15.1 Å². The Morgan fingerprint density at radius 1 is 1.26 bits per heavy atom. The molecule has 0 bridgehead atoms. The van der Waals surface area contributed by atoms with Crippen molar-refractivity contribution >= 4 is 11.9 Å². The fraction of sp³-hybridized carbons (Fsp3) is 0.706. The summed E-state index contributed by atoms with van der Waals surface area (Å²) in [4.78, 5) is 24.5. The van der Waals surface area contributed by atoms with Gasteiger partial charge in [-0.15, -0.1) is 0 Å². The summed E-state index contributed by atoms with van der Waals surface area (Å²) in [5.74, 6) is 1.63. The molecule has 2 N–H and O–H groups in total. The Bertz CT molecular complexity index is 501. The van der Waals surface area contributed by atoms with Crippen molar-refractivity contribution < 1.29 is 9.69 Å². The van der Waals surface area contributed by atoms with E-state index in [4.69, 9.17) is 0 Å². The number of nitrogens with zero attached hydrogens (tertiary/aromatic N) is 3. The summed E-state index contributed by atoms with van der Waals surface area (Å²) in [7, 11) is 0. The van der Waals surface area contributed by atoms with Gasteiger partial charge in [0.15, 0.2) is 6.54 Å². The highest BCUT2D eigenvalue weighted by atomic mass is 16.2. The summed E-state index contributed by atoms with van der Waals surface area (Å²) >= 11 is 0. The number of carbonyl (C=O) groups excluding carboxylic acids is 1. The van der Waals surface area contributed by atoms with Gasteiger partial charge in [0.25, 0.3) is 5.91 Å². The molecule has 126 valence electrons. The van der Waals surface area contributed by atoms with Gasteiger partial charge in [-0.2, -0.15) is 0 Å². The summed E-state index contributed by atoms with van der Waals surface area (Å²) in [5.41, 5.74) is 0. The number of rotatable bonds is 4. The molecule has 23 heavy (non-hydrogen) atoms. The van der Waals surface area contributed by atoms with Crippen LogP contribution in [0.4, 0.5) is 5.95 Å². The van der Waals surface area contributed by atoms with Crippen LogP contribution in [-0.4, -0.2) is 54.6 Å². The van der Waals surface area contributed by atoms with E-state index in [-0.39, 0.29) is 5.91 Å². The molecule has 2 heterocycles. The molecule has 2 atom stereocenters. The van der Waals surface area contributed by atoms with Crippen molar-refractivity contribution in [2.75, 3.05) is 37.6 Å². The van der Waals surface area contributed by atoms with Crippen LogP contribution in [-0.2, 0) is 4.79 Å². The topological polar surface area (TPSA) is 62.6 Å². The molecule has 0 unspecified atom stereocenters. The van der Waals surface area contributed by atoms with Crippen LogP contribution in [0.3, 0.4) is 0 Å². The fourth-order valence-electron chi connectivity index (χ4n) is 3.67. The largest absolute Gasteiger partial charge is 0.348 e. The standard InChI is InChI=1S/C17H27N5O/c1-14-5-2-3-6-15(14)20-16(23)13-21-9-11-22(12-10-21)17-18-7-4-8-19-17/h4,7-8,14-15H,2-3,5-6,9-13H2,1H3,(H,20,23)/p+1/t14-,15-/m0/s1. The van der Waals surface area contributed by atoms with Crippen molar-refractivity contribution in [2.24, 2.45) is 5.92 Å². The maximum absolute atomic E-state index is 12.3. The Kier molecular flexibility index (Phi) is 5.43. The first kappa shape index (κ1) is 16.2. The van der Waals surface area contributed by atoms with Crippen molar-refractivity contribution in [2.45, 2.75) is 38.6 Å². The molecule has 0 spiro atoms. The summed E-state index contributed by atoms with van der Waals surface area (Å²) in [6.07, 6.45) is 8.50. The van der Waals surface area contributed by atoms with E-state index in [1.54, 1.807) is 12.4 Å². The first-order valence-electron chi connectivity index (χ1n) is 8.87. The Morgan fingerprint density at radius 2 is 1.96 bits per heavy atom. The number of carbonyl (C=O) groups is 1. The zero-order valence-electron chi connectivity index (χ0n) is 14.0. The van der Waals surface area contributed by atoms with Gasteiger partial charge in [-0.05, 0) is 24.8 Å². The third-order valence-electron chi connectivity index (χ3n) is 5.17. The van der Waals surface area contributed by atoms with E-state index in [0.717, 1.165) is 38.5 Å². The summed E-state index contributed by atoms with van der Waals surface area (Å²) in [5, 5.41) is 3.26. The molecule has 1 aliphatic carbocycles. The average Bonchev–Trinajstić information content (AvgIpc) is 2.58. The smallest absolute Gasteiger partial charge is 0.275 e. The molecule has 0 aromatic carbocycles. The lowest BCUT2D eigenvalue weighted by molar-refractivity contribution is -0.892. The Morgan fingerprint density at radius 3 is 2.65 bits per heavy atom. The third-order valence-corrected chi connectivity index (χ3v) is 5.17. The number of hydrogen-bond donors (Lipinski definition) is 2. The van der Waals surface area contributed by atoms with Crippen LogP contribution in [0.15, 0.2) is 18.5 Å². The second-order valence-corrected chi connectivity index (χ2v) is 6.90. The molecule has 2 aliphatic rings. The maximum Gasteiger partial charge on any atom is 0.275 e. The lowest BCUT2D eigenvalue weighted by Gasteiger charge is -2.33. The number of piperazine rings is 1. The molecular formula is C17H28N5O+. The van der Waals surface area contributed by atoms with Gasteiger partial charge in [0.05, 0.1) is 26.2 Å². The molecule has 1 saturated carbocycles. The van der Waals surface area contributed by atoms with Gasteiger partial charge >= 0.3 is 0 Å². The summed E-state index contributed by atoms with van der Waals surface area (Å²) < 4.78 is 0. The first-order valence-corrected chi connectivity index (χ1v) is 8.87. The Labute approximate surface area is 138 Å². The van der Waals surface area contributed by atoms with Crippen LogP contribution in [0.1, 0.15) is 32.6 Å². The number of nitrogens with one attached hydrogen (secondary N) is 2. The van der Waals surface area contributed by atoms with Crippen molar-refractivity contribution in [3.8, 4) is 0 Å². The van der Waals surface area contributed by atoms with Crippen LogP contribution < -0.4 is 15.1 Å². The molecule has 1 aliphatic heterocycles. The highest BCUT2D eigenvalue weighted by Crippen LogP contribution is 2.23. The minimum atomic E-state index is 0.211. The van der Waals surface area contributed by atoms with Crippen LogP contribution in [0.5, 0.6) is 0 Å². The van der Waals surface area contributed by atoms with E-state index < -0.39 is 0 Å².